The van der Waals surface area contributed by atoms with Gasteiger partial charge in [-0.2, -0.15) is 0 Å². The topological polar surface area (TPSA) is 15.3 Å². The van der Waals surface area contributed by atoms with E-state index in [0.29, 0.717) is 12.1 Å². The van der Waals surface area contributed by atoms with Gasteiger partial charge in [-0.1, -0.05) is 13.3 Å². The maximum absolute atomic E-state index is 3.66. The molecule has 2 aromatic rings. The first-order chi connectivity index (χ1) is 9.28. The molecule has 2 nitrogen and oxygen atoms in total. The van der Waals surface area contributed by atoms with Crippen molar-refractivity contribution < 1.29 is 0 Å². The predicted octanol–water partition coefficient (Wildman–Crippen LogP) is 3.87. The number of hydrogen-bond acceptors (Lipinski definition) is 3. The number of anilines is 1. The summed E-state index contributed by atoms with van der Waals surface area (Å²) in [5.41, 5.74) is 1.38. The molecule has 1 fully saturated rings. The lowest BCUT2D eigenvalue weighted by molar-refractivity contribution is 0.386. The summed E-state index contributed by atoms with van der Waals surface area (Å²) in [6.45, 7) is 6.80. The summed E-state index contributed by atoms with van der Waals surface area (Å²) in [6, 6.07) is 10.3. The molecule has 0 spiro atoms. The molecule has 1 aliphatic heterocycles. The van der Waals surface area contributed by atoms with Crippen molar-refractivity contribution in [1.82, 2.24) is 5.32 Å². The fraction of sp³-hybridized carbons (Fsp3) is 0.500. The third kappa shape index (κ3) is 2.63. The zero-order valence-corrected chi connectivity index (χ0v) is 12.5. The van der Waals surface area contributed by atoms with Crippen LogP contribution in [0.5, 0.6) is 0 Å². The lowest BCUT2D eigenvalue weighted by Gasteiger charge is -2.40. The van der Waals surface area contributed by atoms with E-state index < -0.39 is 0 Å². The van der Waals surface area contributed by atoms with Crippen LogP contribution >= 0.6 is 11.3 Å². The third-order valence-electron chi connectivity index (χ3n) is 4.06. The van der Waals surface area contributed by atoms with Crippen LogP contribution in [-0.4, -0.2) is 25.2 Å². The molecule has 0 radical (unpaired) electrons. The van der Waals surface area contributed by atoms with Gasteiger partial charge in [0.2, 0.25) is 0 Å². The van der Waals surface area contributed by atoms with Crippen molar-refractivity contribution in [3.8, 4) is 0 Å². The highest BCUT2D eigenvalue weighted by atomic mass is 32.1. The number of rotatable bonds is 3. The maximum atomic E-state index is 3.66. The summed E-state index contributed by atoms with van der Waals surface area (Å²) in [5.74, 6) is 0. The molecular weight excluding hydrogens is 252 g/mol. The summed E-state index contributed by atoms with van der Waals surface area (Å²) < 4.78 is 1.39. The average molecular weight is 274 g/mol. The van der Waals surface area contributed by atoms with E-state index in [-0.39, 0.29) is 0 Å². The van der Waals surface area contributed by atoms with E-state index in [1.54, 1.807) is 0 Å². The monoisotopic (exact) mass is 274 g/mol. The Balaban J connectivity index is 1.85. The Morgan fingerprint density at radius 2 is 2.26 bits per heavy atom. The van der Waals surface area contributed by atoms with Gasteiger partial charge in [0.15, 0.2) is 0 Å². The van der Waals surface area contributed by atoms with Crippen LogP contribution in [0, 0.1) is 0 Å². The molecule has 1 aliphatic rings. The van der Waals surface area contributed by atoms with Gasteiger partial charge in [0, 0.05) is 35.6 Å². The Morgan fingerprint density at radius 3 is 3.11 bits per heavy atom. The van der Waals surface area contributed by atoms with Crippen LogP contribution in [0.3, 0.4) is 0 Å². The van der Waals surface area contributed by atoms with Crippen LogP contribution in [0.1, 0.15) is 26.7 Å². The van der Waals surface area contributed by atoms with E-state index in [1.807, 2.05) is 11.3 Å². The second-order valence-corrected chi connectivity index (χ2v) is 6.49. The lowest BCUT2D eigenvalue weighted by atomic mass is 10.0. The highest BCUT2D eigenvalue weighted by molar-refractivity contribution is 7.17. The van der Waals surface area contributed by atoms with Gasteiger partial charge in [-0.05, 0) is 48.4 Å². The highest BCUT2D eigenvalue weighted by Crippen LogP contribution is 2.28. The van der Waals surface area contributed by atoms with Gasteiger partial charge in [0.25, 0.3) is 0 Å². The zero-order valence-electron chi connectivity index (χ0n) is 11.7. The van der Waals surface area contributed by atoms with Crippen LogP contribution in [0.15, 0.2) is 29.6 Å². The number of nitrogens with zero attached hydrogens (tertiary/aromatic N) is 1. The van der Waals surface area contributed by atoms with Gasteiger partial charge in [0.05, 0.1) is 0 Å². The Morgan fingerprint density at radius 1 is 1.37 bits per heavy atom. The minimum absolute atomic E-state index is 0.573. The molecule has 0 amide bonds. The standard InChI is InChI=1S/C16H22N2S/c1-3-4-14-11-18(12(2)10-17-14)15-5-6-16-13(9-15)7-8-19-16/h5-9,12,14,17H,3-4,10-11H2,1-2H3. The number of thiophene rings is 1. The van der Waals surface area contributed by atoms with Crippen molar-refractivity contribution >= 4 is 27.1 Å². The van der Waals surface area contributed by atoms with Gasteiger partial charge >= 0.3 is 0 Å². The summed E-state index contributed by atoms with van der Waals surface area (Å²) in [6.07, 6.45) is 2.52. The average Bonchev–Trinajstić information content (AvgIpc) is 2.88. The third-order valence-corrected chi connectivity index (χ3v) is 4.95. The van der Waals surface area contributed by atoms with E-state index in [2.05, 4.69) is 53.7 Å². The largest absolute Gasteiger partial charge is 0.366 e. The SMILES string of the molecule is CCCC1CN(c2ccc3sccc3c2)C(C)CN1. The fourth-order valence-corrected chi connectivity index (χ4v) is 3.73. The van der Waals surface area contributed by atoms with Crippen LogP contribution < -0.4 is 10.2 Å². The molecule has 3 heteroatoms. The van der Waals surface area contributed by atoms with E-state index in [4.69, 9.17) is 0 Å². The van der Waals surface area contributed by atoms with Gasteiger partial charge < -0.3 is 10.2 Å². The molecule has 19 heavy (non-hydrogen) atoms. The van der Waals surface area contributed by atoms with Crippen molar-refractivity contribution in [2.45, 2.75) is 38.8 Å². The quantitative estimate of drug-likeness (QED) is 0.914. The lowest BCUT2D eigenvalue weighted by Crippen LogP contribution is -2.55. The molecule has 1 saturated heterocycles. The predicted molar refractivity (Wildman–Crippen MR) is 85.3 cm³/mol. The first-order valence-electron chi connectivity index (χ1n) is 7.25. The van der Waals surface area contributed by atoms with Gasteiger partial charge in [-0.3, -0.25) is 0 Å². The molecule has 1 aromatic carbocycles. The molecule has 102 valence electrons. The van der Waals surface area contributed by atoms with Gasteiger partial charge in [0.1, 0.15) is 0 Å². The Kier molecular flexibility index (Phi) is 3.76. The summed E-state index contributed by atoms with van der Waals surface area (Å²) >= 11 is 1.82. The Bertz CT molecular complexity index is 548. The van der Waals surface area contributed by atoms with Crippen LogP contribution in [0.25, 0.3) is 10.1 Å². The first-order valence-corrected chi connectivity index (χ1v) is 8.13. The van der Waals surface area contributed by atoms with Gasteiger partial charge in [-0.25, -0.2) is 0 Å². The Labute approximate surface area is 119 Å². The molecule has 0 saturated carbocycles. The van der Waals surface area contributed by atoms with Crippen molar-refractivity contribution in [3.63, 3.8) is 0 Å². The highest BCUT2D eigenvalue weighted by Gasteiger charge is 2.24. The van der Waals surface area contributed by atoms with Crippen molar-refractivity contribution in [3.05, 3.63) is 29.6 Å². The minimum atomic E-state index is 0.573. The van der Waals surface area contributed by atoms with Crippen LogP contribution in [0.4, 0.5) is 5.69 Å². The number of benzene rings is 1. The first kappa shape index (κ1) is 12.9. The molecule has 3 rings (SSSR count). The summed E-state index contributed by atoms with van der Waals surface area (Å²) in [5, 5.41) is 7.21. The summed E-state index contributed by atoms with van der Waals surface area (Å²) in [7, 11) is 0. The number of nitrogens with one attached hydrogen (secondary N) is 1. The van der Waals surface area contributed by atoms with Gasteiger partial charge in [-0.15, -0.1) is 11.3 Å². The molecule has 2 atom stereocenters. The Hall–Kier alpha value is -1.06. The van der Waals surface area contributed by atoms with E-state index in [1.165, 1.54) is 28.6 Å². The molecular formula is C16H22N2S. The van der Waals surface area contributed by atoms with Crippen LogP contribution in [0.2, 0.25) is 0 Å². The van der Waals surface area contributed by atoms with Crippen LogP contribution in [-0.2, 0) is 0 Å². The molecule has 0 bridgehead atoms. The van der Waals surface area contributed by atoms with Crippen molar-refractivity contribution in [2.24, 2.45) is 0 Å². The minimum Gasteiger partial charge on any atom is -0.366 e. The number of fused-ring (bicyclic) bond motifs is 1. The molecule has 2 unspecified atom stereocenters. The van der Waals surface area contributed by atoms with Crippen molar-refractivity contribution in [1.29, 1.82) is 0 Å². The molecule has 2 heterocycles. The van der Waals surface area contributed by atoms with Crippen molar-refractivity contribution in [2.75, 3.05) is 18.0 Å². The van der Waals surface area contributed by atoms with E-state index in [0.717, 1.165) is 13.1 Å². The van der Waals surface area contributed by atoms with E-state index in [9.17, 15) is 0 Å². The maximum Gasteiger partial charge on any atom is 0.0387 e. The molecule has 1 N–H and O–H groups in total. The summed E-state index contributed by atoms with van der Waals surface area (Å²) in [4.78, 5) is 2.56. The van der Waals surface area contributed by atoms with E-state index >= 15 is 0 Å². The molecule has 0 aliphatic carbocycles. The zero-order chi connectivity index (χ0) is 13.2. The number of hydrogen-bond donors (Lipinski definition) is 1. The molecule has 1 aromatic heterocycles. The second-order valence-electron chi connectivity index (χ2n) is 5.54. The normalized spacial score (nSPS) is 24.0. The second kappa shape index (κ2) is 5.51. The smallest absolute Gasteiger partial charge is 0.0387 e. The fourth-order valence-electron chi connectivity index (χ4n) is 2.96. The number of piperazine rings is 1.